The van der Waals surface area contributed by atoms with Gasteiger partial charge in [0.05, 0.1) is 10.4 Å². The number of hydrogen-bond acceptors (Lipinski definition) is 4. The predicted molar refractivity (Wildman–Crippen MR) is 133 cm³/mol. The van der Waals surface area contributed by atoms with Crippen molar-refractivity contribution in [2.45, 2.75) is 33.2 Å². The molecule has 32 heavy (non-hydrogen) atoms. The summed E-state index contributed by atoms with van der Waals surface area (Å²) in [7, 11) is 0. The van der Waals surface area contributed by atoms with Gasteiger partial charge in [-0.3, -0.25) is 9.69 Å². The molecule has 1 aliphatic rings. The van der Waals surface area contributed by atoms with E-state index in [1.807, 2.05) is 6.07 Å². The molecule has 4 nitrogen and oxygen atoms in total. The molecule has 1 aliphatic heterocycles. The Kier molecular flexibility index (Phi) is 5.94. The number of pyridine rings is 1. The molecule has 1 amide bonds. The smallest absolute Gasteiger partial charge is 0.261 e. The first-order valence-electron chi connectivity index (χ1n) is 11.4. The van der Waals surface area contributed by atoms with Gasteiger partial charge in [0.2, 0.25) is 0 Å². The van der Waals surface area contributed by atoms with Crippen LogP contribution in [-0.2, 0) is 6.54 Å². The standard InChI is InChI=1S/C27H29N3OS/c1-18-4-3-5-21(12-18)17-30-10-8-20(9-11-30)16-28-26(31)25-15-23-14-22-13-19(2)6-7-24(22)29-27(23)32-25/h3-7,12-15,20H,8-11,16-17H2,1-2H3,(H,28,31). The summed E-state index contributed by atoms with van der Waals surface area (Å²) in [6.07, 6.45) is 2.26. The lowest BCUT2D eigenvalue weighted by Crippen LogP contribution is -2.38. The first kappa shape index (κ1) is 21.1. The molecule has 0 atom stereocenters. The van der Waals surface area contributed by atoms with E-state index in [0.717, 1.165) is 65.0 Å². The quantitative estimate of drug-likeness (QED) is 0.430. The molecule has 0 saturated carbocycles. The van der Waals surface area contributed by atoms with Gasteiger partial charge in [0.25, 0.3) is 5.91 Å². The second-order valence-corrected chi connectivity index (χ2v) is 10.1. The van der Waals surface area contributed by atoms with Crippen molar-refractivity contribution in [1.82, 2.24) is 15.2 Å². The summed E-state index contributed by atoms with van der Waals surface area (Å²) in [5, 5.41) is 5.35. The minimum absolute atomic E-state index is 0.0235. The first-order chi connectivity index (χ1) is 15.5. The number of aromatic nitrogens is 1. The zero-order valence-electron chi connectivity index (χ0n) is 18.7. The number of benzene rings is 2. The molecule has 2 aromatic carbocycles. The summed E-state index contributed by atoms with van der Waals surface area (Å²) in [6, 6.07) is 19.2. The zero-order valence-corrected chi connectivity index (χ0v) is 19.5. The third-order valence-corrected chi connectivity index (χ3v) is 7.47. The number of aryl methyl sites for hydroxylation is 2. The Morgan fingerprint density at radius 2 is 1.84 bits per heavy atom. The Labute approximate surface area is 193 Å². The van der Waals surface area contributed by atoms with E-state index >= 15 is 0 Å². The number of nitrogens with one attached hydrogen (secondary N) is 1. The molecular weight excluding hydrogens is 414 g/mol. The first-order valence-corrected chi connectivity index (χ1v) is 12.2. The summed E-state index contributed by atoms with van der Waals surface area (Å²) in [5.41, 5.74) is 4.91. The third kappa shape index (κ3) is 4.69. The summed E-state index contributed by atoms with van der Waals surface area (Å²) in [6.45, 7) is 8.18. The number of rotatable bonds is 5. The molecule has 0 radical (unpaired) electrons. The largest absolute Gasteiger partial charge is 0.351 e. The number of carbonyl (C=O) groups is 1. The van der Waals surface area contributed by atoms with E-state index in [4.69, 9.17) is 4.98 Å². The summed E-state index contributed by atoms with van der Waals surface area (Å²) < 4.78 is 0. The Bertz CT molecular complexity index is 1270. The van der Waals surface area contributed by atoms with E-state index in [9.17, 15) is 4.79 Å². The maximum atomic E-state index is 12.8. The highest BCUT2D eigenvalue weighted by Crippen LogP contribution is 2.28. The fourth-order valence-electron chi connectivity index (χ4n) is 4.61. The Morgan fingerprint density at radius 3 is 2.66 bits per heavy atom. The highest BCUT2D eigenvalue weighted by Gasteiger charge is 2.20. The van der Waals surface area contributed by atoms with Crippen molar-refractivity contribution in [3.63, 3.8) is 0 Å². The number of nitrogens with zero attached hydrogens (tertiary/aromatic N) is 2. The van der Waals surface area contributed by atoms with Crippen molar-refractivity contribution in [3.05, 3.63) is 76.2 Å². The van der Waals surface area contributed by atoms with E-state index in [2.05, 4.69) is 72.6 Å². The van der Waals surface area contributed by atoms with Gasteiger partial charge in [-0.1, -0.05) is 41.5 Å². The number of carbonyl (C=O) groups excluding carboxylic acids is 1. The van der Waals surface area contributed by atoms with Crippen LogP contribution in [0.2, 0.25) is 0 Å². The zero-order chi connectivity index (χ0) is 22.1. The fourth-order valence-corrected chi connectivity index (χ4v) is 5.55. The van der Waals surface area contributed by atoms with E-state index in [0.29, 0.717) is 5.92 Å². The van der Waals surface area contributed by atoms with Crippen LogP contribution in [0.4, 0.5) is 0 Å². The molecule has 1 saturated heterocycles. The van der Waals surface area contributed by atoms with Crippen LogP contribution in [0.25, 0.3) is 21.1 Å². The van der Waals surface area contributed by atoms with Gasteiger partial charge in [0.15, 0.2) is 0 Å². The van der Waals surface area contributed by atoms with Crippen LogP contribution < -0.4 is 5.32 Å². The van der Waals surface area contributed by atoms with Gasteiger partial charge in [0.1, 0.15) is 4.83 Å². The molecule has 1 fully saturated rings. The number of piperidine rings is 1. The molecule has 2 aromatic heterocycles. The summed E-state index contributed by atoms with van der Waals surface area (Å²) >= 11 is 1.48. The lowest BCUT2D eigenvalue weighted by molar-refractivity contribution is 0.0939. The summed E-state index contributed by atoms with van der Waals surface area (Å²) in [4.78, 5) is 21.8. The number of amides is 1. The normalized spacial score (nSPS) is 15.4. The van der Waals surface area contributed by atoms with Gasteiger partial charge in [-0.2, -0.15) is 0 Å². The molecule has 0 aliphatic carbocycles. The molecular formula is C27H29N3OS. The average Bonchev–Trinajstić information content (AvgIpc) is 3.20. The van der Waals surface area contributed by atoms with Gasteiger partial charge in [-0.25, -0.2) is 4.98 Å². The SMILES string of the molecule is Cc1cccc(CN2CCC(CNC(=O)c3cc4cc5cc(C)ccc5nc4s3)CC2)c1. The van der Waals surface area contributed by atoms with E-state index in [-0.39, 0.29) is 5.91 Å². The highest BCUT2D eigenvalue weighted by atomic mass is 32.1. The van der Waals surface area contributed by atoms with Crippen LogP contribution in [0.1, 0.15) is 39.2 Å². The maximum Gasteiger partial charge on any atom is 0.261 e. The molecule has 5 rings (SSSR count). The average molecular weight is 444 g/mol. The van der Waals surface area contributed by atoms with Gasteiger partial charge in [-0.15, -0.1) is 11.3 Å². The second-order valence-electron chi connectivity index (χ2n) is 9.11. The Balaban J connectivity index is 1.16. The number of likely N-dealkylation sites (tertiary alicyclic amines) is 1. The Morgan fingerprint density at radius 1 is 1.03 bits per heavy atom. The lowest BCUT2D eigenvalue weighted by atomic mass is 9.96. The monoisotopic (exact) mass is 443 g/mol. The number of fused-ring (bicyclic) bond motifs is 2. The fraction of sp³-hybridized carbons (Fsp3) is 0.333. The van der Waals surface area contributed by atoms with Crippen LogP contribution in [0.3, 0.4) is 0 Å². The van der Waals surface area contributed by atoms with E-state index in [1.165, 1.54) is 28.0 Å². The van der Waals surface area contributed by atoms with Gasteiger partial charge in [0, 0.05) is 23.9 Å². The van der Waals surface area contributed by atoms with Crippen molar-refractivity contribution >= 4 is 38.4 Å². The van der Waals surface area contributed by atoms with Crippen LogP contribution in [0.5, 0.6) is 0 Å². The van der Waals surface area contributed by atoms with E-state index in [1.54, 1.807) is 0 Å². The number of thiophene rings is 1. The van der Waals surface area contributed by atoms with Crippen LogP contribution in [0.15, 0.2) is 54.6 Å². The van der Waals surface area contributed by atoms with Crippen molar-refractivity contribution < 1.29 is 4.79 Å². The van der Waals surface area contributed by atoms with E-state index < -0.39 is 0 Å². The molecule has 1 N–H and O–H groups in total. The Hall–Kier alpha value is -2.76. The molecule has 0 unspecified atom stereocenters. The summed E-state index contributed by atoms with van der Waals surface area (Å²) in [5.74, 6) is 0.571. The maximum absolute atomic E-state index is 12.8. The van der Waals surface area contributed by atoms with Crippen molar-refractivity contribution in [2.24, 2.45) is 5.92 Å². The minimum atomic E-state index is 0.0235. The lowest BCUT2D eigenvalue weighted by Gasteiger charge is -2.32. The van der Waals surface area contributed by atoms with Crippen LogP contribution >= 0.6 is 11.3 Å². The van der Waals surface area contributed by atoms with Crippen LogP contribution in [0, 0.1) is 19.8 Å². The van der Waals surface area contributed by atoms with Gasteiger partial charge >= 0.3 is 0 Å². The molecule has 0 bridgehead atoms. The van der Waals surface area contributed by atoms with Crippen LogP contribution in [-0.4, -0.2) is 35.4 Å². The molecule has 0 spiro atoms. The molecule has 5 heteroatoms. The van der Waals surface area contributed by atoms with Crippen molar-refractivity contribution in [2.75, 3.05) is 19.6 Å². The van der Waals surface area contributed by atoms with Gasteiger partial charge in [-0.05, 0) is 75.5 Å². The second kappa shape index (κ2) is 9.00. The van der Waals surface area contributed by atoms with Crippen molar-refractivity contribution in [1.29, 1.82) is 0 Å². The molecule has 164 valence electrons. The number of hydrogen-bond donors (Lipinski definition) is 1. The third-order valence-electron chi connectivity index (χ3n) is 6.43. The minimum Gasteiger partial charge on any atom is -0.351 e. The van der Waals surface area contributed by atoms with Gasteiger partial charge < -0.3 is 5.32 Å². The topological polar surface area (TPSA) is 45.2 Å². The van der Waals surface area contributed by atoms with Crippen molar-refractivity contribution in [3.8, 4) is 0 Å². The molecule has 3 heterocycles. The molecule has 4 aromatic rings. The highest BCUT2D eigenvalue weighted by molar-refractivity contribution is 7.20. The predicted octanol–water partition coefficient (Wildman–Crippen LogP) is 5.71.